The summed E-state index contributed by atoms with van der Waals surface area (Å²) < 4.78 is 31.8. The van der Waals surface area contributed by atoms with E-state index in [0.717, 1.165) is 18.4 Å². The summed E-state index contributed by atoms with van der Waals surface area (Å²) in [6.07, 6.45) is 1.48. The lowest BCUT2D eigenvalue weighted by Crippen LogP contribution is -2.40. The van der Waals surface area contributed by atoms with Crippen molar-refractivity contribution in [3.05, 3.63) is 29.8 Å². The van der Waals surface area contributed by atoms with E-state index in [-0.39, 0.29) is 6.04 Å². The van der Waals surface area contributed by atoms with Crippen LogP contribution in [0.5, 0.6) is 0 Å². The highest BCUT2D eigenvalue weighted by Crippen LogP contribution is 2.22. The van der Waals surface area contributed by atoms with Crippen LogP contribution in [0.25, 0.3) is 0 Å². The summed E-state index contributed by atoms with van der Waals surface area (Å²) in [6.45, 7) is 1.57. The molecule has 1 aromatic carbocycles. The first-order valence-corrected chi connectivity index (χ1v) is 7.84. The van der Waals surface area contributed by atoms with Gasteiger partial charge in [-0.25, -0.2) is 8.42 Å². The van der Waals surface area contributed by atoms with Crippen molar-refractivity contribution in [2.24, 2.45) is 5.73 Å². The van der Waals surface area contributed by atoms with Crippen molar-refractivity contribution >= 4 is 10.0 Å². The minimum absolute atomic E-state index is 0.0142. The first kappa shape index (κ1) is 14.5. The second-order valence-corrected chi connectivity index (χ2v) is 6.71. The van der Waals surface area contributed by atoms with Gasteiger partial charge in [0.15, 0.2) is 0 Å². The smallest absolute Gasteiger partial charge is 0.243 e. The predicted octanol–water partition coefficient (Wildman–Crippen LogP) is 0.945. The van der Waals surface area contributed by atoms with E-state index in [0.29, 0.717) is 24.7 Å². The standard InChI is InChI=1S/C13H20N2O3S/c1-15(12-5-7-18-8-6-12)19(16,17)13-4-2-3-11(9-13)10-14/h2-4,9,12H,5-8,10,14H2,1H3. The molecule has 1 heterocycles. The van der Waals surface area contributed by atoms with Crippen LogP contribution in [-0.4, -0.2) is 39.0 Å². The number of nitrogens with two attached hydrogens (primary N) is 1. The summed E-state index contributed by atoms with van der Waals surface area (Å²) in [6, 6.07) is 6.83. The van der Waals surface area contributed by atoms with Crippen LogP contribution in [-0.2, 0) is 21.3 Å². The van der Waals surface area contributed by atoms with E-state index >= 15 is 0 Å². The number of hydrogen-bond donors (Lipinski definition) is 1. The van der Waals surface area contributed by atoms with E-state index in [4.69, 9.17) is 10.5 Å². The molecule has 0 atom stereocenters. The van der Waals surface area contributed by atoms with E-state index in [9.17, 15) is 8.42 Å². The van der Waals surface area contributed by atoms with Gasteiger partial charge in [-0.3, -0.25) is 0 Å². The van der Waals surface area contributed by atoms with Crippen LogP contribution in [0.1, 0.15) is 18.4 Å². The van der Waals surface area contributed by atoms with Crippen molar-refractivity contribution in [2.45, 2.75) is 30.3 Å². The molecular formula is C13H20N2O3S. The SMILES string of the molecule is CN(C1CCOCC1)S(=O)(=O)c1cccc(CN)c1. The Labute approximate surface area is 114 Å². The molecule has 2 N–H and O–H groups in total. The Balaban J connectivity index is 2.24. The first-order chi connectivity index (χ1) is 9.05. The number of rotatable bonds is 4. The number of nitrogens with zero attached hydrogens (tertiary/aromatic N) is 1. The topological polar surface area (TPSA) is 72.6 Å². The number of benzene rings is 1. The minimum Gasteiger partial charge on any atom is -0.381 e. The summed E-state index contributed by atoms with van der Waals surface area (Å²) in [7, 11) is -1.81. The van der Waals surface area contributed by atoms with Gasteiger partial charge < -0.3 is 10.5 Å². The Kier molecular flexibility index (Phi) is 4.57. The lowest BCUT2D eigenvalue weighted by molar-refractivity contribution is 0.0632. The summed E-state index contributed by atoms with van der Waals surface area (Å²) in [5.41, 5.74) is 6.38. The molecule has 5 nitrogen and oxygen atoms in total. The lowest BCUT2D eigenvalue weighted by atomic mass is 10.1. The lowest BCUT2D eigenvalue weighted by Gasteiger charge is -2.30. The number of sulfonamides is 1. The average Bonchev–Trinajstić information content (AvgIpc) is 2.47. The van der Waals surface area contributed by atoms with Crippen LogP contribution in [0.3, 0.4) is 0 Å². The highest BCUT2D eigenvalue weighted by Gasteiger charge is 2.29. The molecule has 1 aliphatic rings. The summed E-state index contributed by atoms with van der Waals surface area (Å²) >= 11 is 0. The Bertz CT molecular complexity index is 524. The molecule has 0 unspecified atom stereocenters. The van der Waals surface area contributed by atoms with Gasteiger partial charge >= 0.3 is 0 Å². The highest BCUT2D eigenvalue weighted by molar-refractivity contribution is 7.89. The van der Waals surface area contributed by atoms with Crippen LogP contribution >= 0.6 is 0 Å². The monoisotopic (exact) mass is 284 g/mol. The summed E-state index contributed by atoms with van der Waals surface area (Å²) in [5, 5.41) is 0. The van der Waals surface area contributed by atoms with Crippen molar-refractivity contribution in [1.29, 1.82) is 0 Å². The number of hydrogen-bond acceptors (Lipinski definition) is 4. The van der Waals surface area contributed by atoms with Gasteiger partial charge in [0.05, 0.1) is 4.90 Å². The molecule has 0 aromatic heterocycles. The molecule has 0 spiro atoms. The second kappa shape index (κ2) is 6.00. The van der Waals surface area contributed by atoms with Gasteiger partial charge in [-0.05, 0) is 30.5 Å². The van der Waals surface area contributed by atoms with Crippen molar-refractivity contribution in [1.82, 2.24) is 4.31 Å². The van der Waals surface area contributed by atoms with Crippen LogP contribution in [0.15, 0.2) is 29.2 Å². The fourth-order valence-corrected chi connectivity index (χ4v) is 3.73. The van der Waals surface area contributed by atoms with Gasteiger partial charge in [0.2, 0.25) is 10.0 Å². The largest absolute Gasteiger partial charge is 0.381 e. The zero-order valence-electron chi connectivity index (χ0n) is 11.1. The minimum atomic E-state index is -3.45. The van der Waals surface area contributed by atoms with E-state index in [1.54, 1.807) is 25.2 Å². The molecule has 1 saturated heterocycles. The predicted molar refractivity (Wildman–Crippen MR) is 73.1 cm³/mol. The molecule has 1 aliphatic heterocycles. The molecule has 2 rings (SSSR count). The first-order valence-electron chi connectivity index (χ1n) is 6.40. The molecule has 0 saturated carbocycles. The highest BCUT2D eigenvalue weighted by atomic mass is 32.2. The van der Waals surface area contributed by atoms with Crippen LogP contribution < -0.4 is 5.73 Å². The third kappa shape index (κ3) is 3.14. The normalized spacial score (nSPS) is 17.8. The fraction of sp³-hybridized carbons (Fsp3) is 0.538. The maximum atomic E-state index is 12.5. The zero-order chi connectivity index (χ0) is 13.9. The van der Waals surface area contributed by atoms with Crippen molar-refractivity contribution < 1.29 is 13.2 Å². The third-order valence-corrected chi connectivity index (χ3v) is 5.42. The second-order valence-electron chi connectivity index (χ2n) is 4.72. The summed E-state index contributed by atoms with van der Waals surface area (Å²) in [4.78, 5) is 0.310. The Morgan fingerprint density at radius 1 is 1.37 bits per heavy atom. The van der Waals surface area contributed by atoms with Crippen molar-refractivity contribution in [3.8, 4) is 0 Å². The fourth-order valence-electron chi connectivity index (χ4n) is 2.24. The molecule has 1 aromatic rings. The molecule has 0 amide bonds. The molecule has 0 aliphatic carbocycles. The third-order valence-electron chi connectivity index (χ3n) is 3.52. The zero-order valence-corrected chi connectivity index (χ0v) is 11.9. The molecule has 0 radical (unpaired) electrons. The van der Waals surface area contributed by atoms with Gasteiger partial charge in [0.1, 0.15) is 0 Å². The molecule has 0 bridgehead atoms. The van der Waals surface area contributed by atoms with E-state index < -0.39 is 10.0 Å². The van der Waals surface area contributed by atoms with Crippen molar-refractivity contribution in [3.63, 3.8) is 0 Å². The maximum absolute atomic E-state index is 12.5. The van der Waals surface area contributed by atoms with Crippen LogP contribution in [0.4, 0.5) is 0 Å². The van der Waals surface area contributed by atoms with Gasteiger partial charge in [0, 0.05) is 32.8 Å². The van der Waals surface area contributed by atoms with E-state index in [1.807, 2.05) is 6.07 Å². The number of ether oxygens (including phenoxy) is 1. The van der Waals surface area contributed by atoms with Crippen LogP contribution in [0.2, 0.25) is 0 Å². The molecule has 6 heteroatoms. The van der Waals surface area contributed by atoms with E-state index in [1.165, 1.54) is 4.31 Å². The maximum Gasteiger partial charge on any atom is 0.243 e. The summed E-state index contributed by atoms with van der Waals surface area (Å²) in [5.74, 6) is 0. The average molecular weight is 284 g/mol. The molecule has 1 fully saturated rings. The Hall–Kier alpha value is -0.950. The van der Waals surface area contributed by atoms with Gasteiger partial charge in [-0.1, -0.05) is 12.1 Å². The van der Waals surface area contributed by atoms with Gasteiger partial charge in [-0.15, -0.1) is 0 Å². The van der Waals surface area contributed by atoms with Gasteiger partial charge in [-0.2, -0.15) is 4.31 Å². The Morgan fingerprint density at radius 2 is 2.05 bits per heavy atom. The van der Waals surface area contributed by atoms with E-state index in [2.05, 4.69) is 0 Å². The van der Waals surface area contributed by atoms with Gasteiger partial charge in [0.25, 0.3) is 0 Å². The molecular weight excluding hydrogens is 264 g/mol. The quantitative estimate of drug-likeness (QED) is 0.893. The molecule has 106 valence electrons. The van der Waals surface area contributed by atoms with Crippen molar-refractivity contribution in [2.75, 3.05) is 20.3 Å². The Morgan fingerprint density at radius 3 is 2.68 bits per heavy atom. The van der Waals surface area contributed by atoms with Crippen LogP contribution in [0, 0.1) is 0 Å². The molecule has 19 heavy (non-hydrogen) atoms.